The molecule has 0 amide bonds. The molecule has 0 saturated heterocycles. The molecule has 0 bridgehead atoms. The van der Waals surface area contributed by atoms with Crippen molar-refractivity contribution < 1.29 is 10.2 Å². The number of halogens is 1. The normalized spacial score (nSPS) is 10.4. The number of aromatic hydroxyl groups is 2. The van der Waals surface area contributed by atoms with Crippen LogP contribution in [0.2, 0.25) is 0 Å². The van der Waals surface area contributed by atoms with E-state index in [-0.39, 0.29) is 11.5 Å². The van der Waals surface area contributed by atoms with Crippen molar-refractivity contribution in [2.24, 2.45) is 0 Å². The Kier molecular flexibility index (Phi) is 3.05. The van der Waals surface area contributed by atoms with E-state index in [4.69, 9.17) is 0 Å². The number of phenolic OH excluding ortho intramolecular Hbond substituents is 2. The minimum atomic E-state index is 0.191. The Morgan fingerprint density at radius 3 is 2.00 bits per heavy atom. The Bertz CT molecular complexity index is 445. The highest BCUT2D eigenvalue weighted by Crippen LogP contribution is 2.40. The lowest BCUT2D eigenvalue weighted by atomic mass is 9.99. The van der Waals surface area contributed by atoms with E-state index in [1.165, 1.54) is 0 Å². The standard InChI is InChI=1S/C13H11IO2/c1-8-4-2-6-10(15)12(8)13-9(14)5-3-7-11(13)16/h2-7,15-16H,1H3. The van der Waals surface area contributed by atoms with Crippen LogP contribution in [0, 0.1) is 10.5 Å². The minimum absolute atomic E-state index is 0.191. The highest BCUT2D eigenvalue weighted by atomic mass is 127. The lowest BCUT2D eigenvalue weighted by Gasteiger charge is -2.12. The zero-order valence-electron chi connectivity index (χ0n) is 8.74. The van der Waals surface area contributed by atoms with E-state index in [0.29, 0.717) is 11.1 Å². The molecule has 16 heavy (non-hydrogen) atoms. The van der Waals surface area contributed by atoms with Crippen LogP contribution in [0.1, 0.15) is 5.56 Å². The van der Waals surface area contributed by atoms with Gasteiger partial charge < -0.3 is 10.2 Å². The molecule has 2 aromatic rings. The van der Waals surface area contributed by atoms with Gasteiger partial charge in [-0.25, -0.2) is 0 Å². The van der Waals surface area contributed by atoms with Crippen LogP contribution in [-0.2, 0) is 0 Å². The molecule has 3 heteroatoms. The Hall–Kier alpha value is -1.23. The molecule has 2 rings (SSSR count). The molecule has 0 fully saturated rings. The molecule has 0 unspecified atom stereocenters. The first-order chi connectivity index (χ1) is 7.61. The molecule has 0 radical (unpaired) electrons. The summed E-state index contributed by atoms with van der Waals surface area (Å²) in [6.07, 6.45) is 0. The van der Waals surface area contributed by atoms with E-state index in [0.717, 1.165) is 9.13 Å². The molecule has 0 aliphatic heterocycles. The van der Waals surface area contributed by atoms with Crippen molar-refractivity contribution in [3.05, 3.63) is 45.5 Å². The number of rotatable bonds is 1. The van der Waals surface area contributed by atoms with Crippen LogP contribution in [-0.4, -0.2) is 10.2 Å². The van der Waals surface area contributed by atoms with Crippen LogP contribution in [0.25, 0.3) is 11.1 Å². The van der Waals surface area contributed by atoms with Crippen LogP contribution in [0.3, 0.4) is 0 Å². The summed E-state index contributed by atoms with van der Waals surface area (Å²) in [7, 11) is 0. The second-order valence-corrected chi connectivity index (χ2v) is 4.77. The molecule has 2 N–H and O–H groups in total. The van der Waals surface area contributed by atoms with E-state index in [1.807, 2.05) is 19.1 Å². The maximum Gasteiger partial charge on any atom is 0.124 e. The number of phenols is 2. The molecule has 0 aliphatic carbocycles. The van der Waals surface area contributed by atoms with Crippen LogP contribution in [0.15, 0.2) is 36.4 Å². The smallest absolute Gasteiger partial charge is 0.124 e. The van der Waals surface area contributed by atoms with E-state index in [2.05, 4.69) is 22.6 Å². The first kappa shape index (κ1) is 11.3. The molecular weight excluding hydrogens is 315 g/mol. The second kappa shape index (κ2) is 4.33. The first-order valence-corrected chi connectivity index (χ1v) is 5.95. The third kappa shape index (κ3) is 1.87. The minimum Gasteiger partial charge on any atom is -0.507 e. The Balaban J connectivity index is 2.77. The van der Waals surface area contributed by atoms with Gasteiger partial charge in [0.05, 0.1) is 0 Å². The molecule has 0 atom stereocenters. The van der Waals surface area contributed by atoms with Crippen molar-refractivity contribution in [1.29, 1.82) is 0 Å². The molecule has 0 aliphatic rings. The average molecular weight is 326 g/mol. The number of aryl methyl sites for hydroxylation is 1. The third-order valence-electron chi connectivity index (χ3n) is 2.49. The summed E-state index contributed by atoms with van der Waals surface area (Å²) in [4.78, 5) is 0. The summed E-state index contributed by atoms with van der Waals surface area (Å²) in [5.74, 6) is 0.385. The average Bonchev–Trinajstić information content (AvgIpc) is 2.21. The lowest BCUT2D eigenvalue weighted by molar-refractivity contribution is 0.468. The van der Waals surface area contributed by atoms with Gasteiger partial charge in [0.1, 0.15) is 11.5 Å². The lowest BCUT2D eigenvalue weighted by Crippen LogP contribution is -1.88. The largest absolute Gasteiger partial charge is 0.507 e. The molecular formula is C13H11IO2. The van der Waals surface area contributed by atoms with Gasteiger partial charge in [-0.3, -0.25) is 0 Å². The molecule has 0 saturated carbocycles. The fraction of sp³-hybridized carbons (Fsp3) is 0.0769. The van der Waals surface area contributed by atoms with Crippen LogP contribution >= 0.6 is 22.6 Å². The maximum atomic E-state index is 9.88. The maximum absolute atomic E-state index is 9.88. The SMILES string of the molecule is Cc1cccc(O)c1-c1c(O)cccc1I. The van der Waals surface area contributed by atoms with Gasteiger partial charge in [0.25, 0.3) is 0 Å². The van der Waals surface area contributed by atoms with Gasteiger partial charge in [-0.05, 0) is 53.3 Å². The van der Waals surface area contributed by atoms with E-state index < -0.39 is 0 Å². The van der Waals surface area contributed by atoms with Gasteiger partial charge >= 0.3 is 0 Å². The zero-order valence-corrected chi connectivity index (χ0v) is 10.9. The van der Waals surface area contributed by atoms with Gasteiger partial charge in [-0.15, -0.1) is 0 Å². The number of hydrogen-bond acceptors (Lipinski definition) is 2. The summed E-state index contributed by atoms with van der Waals surface area (Å²) in [6, 6.07) is 10.7. The van der Waals surface area contributed by atoms with Crippen molar-refractivity contribution >= 4 is 22.6 Å². The highest BCUT2D eigenvalue weighted by Gasteiger charge is 2.14. The molecule has 0 aromatic heterocycles. The Labute approximate surface area is 108 Å². The fourth-order valence-corrected chi connectivity index (χ4v) is 2.49. The zero-order chi connectivity index (χ0) is 11.7. The summed E-state index contributed by atoms with van der Waals surface area (Å²) in [6.45, 7) is 1.91. The molecule has 2 aromatic carbocycles. The second-order valence-electron chi connectivity index (χ2n) is 3.60. The Morgan fingerprint density at radius 1 is 0.875 bits per heavy atom. The molecule has 2 nitrogen and oxygen atoms in total. The van der Waals surface area contributed by atoms with E-state index in [9.17, 15) is 10.2 Å². The summed E-state index contributed by atoms with van der Waals surface area (Å²) in [5.41, 5.74) is 2.34. The van der Waals surface area contributed by atoms with Crippen molar-refractivity contribution in [2.75, 3.05) is 0 Å². The van der Waals surface area contributed by atoms with Crippen molar-refractivity contribution in [1.82, 2.24) is 0 Å². The Morgan fingerprint density at radius 2 is 1.44 bits per heavy atom. The van der Waals surface area contributed by atoms with Gasteiger partial charge in [0, 0.05) is 14.7 Å². The van der Waals surface area contributed by atoms with Crippen molar-refractivity contribution in [3.8, 4) is 22.6 Å². The fourth-order valence-electron chi connectivity index (χ4n) is 1.74. The first-order valence-electron chi connectivity index (χ1n) is 4.87. The highest BCUT2D eigenvalue weighted by molar-refractivity contribution is 14.1. The van der Waals surface area contributed by atoms with Crippen molar-refractivity contribution in [3.63, 3.8) is 0 Å². The van der Waals surface area contributed by atoms with Crippen LogP contribution < -0.4 is 0 Å². The quantitative estimate of drug-likeness (QED) is 0.785. The third-order valence-corrected chi connectivity index (χ3v) is 3.39. The van der Waals surface area contributed by atoms with E-state index in [1.54, 1.807) is 24.3 Å². The van der Waals surface area contributed by atoms with Gasteiger partial charge in [0.2, 0.25) is 0 Å². The van der Waals surface area contributed by atoms with Crippen LogP contribution in [0.4, 0.5) is 0 Å². The topological polar surface area (TPSA) is 40.5 Å². The summed E-state index contributed by atoms with van der Waals surface area (Å²) < 4.78 is 0.919. The number of benzene rings is 2. The molecule has 0 heterocycles. The molecule has 82 valence electrons. The summed E-state index contributed by atoms with van der Waals surface area (Å²) >= 11 is 2.15. The predicted molar refractivity (Wildman–Crippen MR) is 72.7 cm³/mol. The van der Waals surface area contributed by atoms with Crippen molar-refractivity contribution in [2.45, 2.75) is 6.92 Å². The monoisotopic (exact) mass is 326 g/mol. The molecule has 0 spiro atoms. The predicted octanol–water partition coefficient (Wildman–Crippen LogP) is 3.68. The van der Waals surface area contributed by atoms with E-state index >= 15 is 0 Å². The van der Waals surface area contributed by atoms with Gasteiger partial charge in [-0.1, -0.05) is 18.2 Å². The van der Waals surface area contributed by atoms with Crippen LogP contribution in [0.5, 0.6) is 11.5 Å². The summed E-state index contributed by atoms with van der Waals surface area (Å²) in [5, 5.41) is 19.8. The number of hydrogen-bond donors (Lipinski definition) is 2. The van der Waals surface area contributed by atoms with Gasteiger partial charge in [0.15, 0.2) is 0 Å². The van der Waals surface area contributed by atoms with Gasteiger partial charge in [-0.2, -0.15) is 0 Å².